The topological polar surface area (TPSA) is 243 Å². The van der Waals surface area contributed by atoms with Crippen LogP contribution in [0.25, 0.3) is 11.6 Å². The molecule has 0 amide bonds. The van der Waals surface area contributed by atoms with Crippen LogP contribution in [0.5, 0.6) is 69.0 Å². The maximum Gasteiger partial charge on any atom is 0.123 e. The molecule has 12 nitrogen and oxygen atoms in total. The largest absolute Gasteiger partial charge is 0.508 e. The molecule has 68 heavy (non-hydrogen) atoms. The van der Waals surface area contributed by atoms with Gasteiger partial charge in [0.25, 0.3) is 0 Å². The van der Waals surface area contributed by atoms with Crippen molar-refractivity contribution in [3.63, 3.8) is 0 Å². The number of hydrogen-bond acceptors (Lipinski definition) is 12. The van der Waals surface area contributed by atoms with Crippen LogP contribution in [-0.2, 0) is 0 Å². The molecule has 0 fully saturated rings. The molecule has 12 N–H and O–H groups in total. The minimum absolute atomic E-state index is 0.00242. The molecular formula is C56H44O12. The van der Waals surface area contributed by atoms with E-state index in [2.05, 4.69) is 0 Å². The van der Waals surface area contributed by atoms with E-state index < -0.39 is 35.5 Å². The number of rotatable bonds is 8. The van der Waals surface area contributed by atoms with Gasteiger partial charge in [0.15, 0.2) is 0 Å². The van der Waals surface area contributed by atoms with E-state index in [4.69, 9.17) is 0 Å². The molecule has 10 rings (SSSR count). The van der Waals surface area contributed by atoms with Gasteiger partial charge >= 0.3 is 0 Å². The van der Waals surface area contributed by atoms with Crippen molar-refractivity contribution in [2.24, 2.45) is 0 Å². The van der Waals surface area contributed by atoms with Gasteiger partial charge in [-0.1, -0.05) is 54.6 Å². The van der Waals surface area contributed by atoms with E-state index in [0.717, 1.165) is 0 Å². The minimum atomic E-state index is -1.05. The number of hydrogen-bond donors (Lipinski definition) is 12. The molecule has 1 unspecified atom stereocenters. The summed E-state index contributed by atoms with van der Waals surface area (Å²) in [5.74, 6) is -7.77. The Morgan fingerprint density at radius 1 is 0.353 bits per heavy atom. The number of aromatic hydroxyl groups is 12. The molecule has 0 aromatic heterocycles. The molecule has 0 aliphatic heterocycles. The van der Waals surface area contributed by atoms with Gasteiger partial charge in [-0.3, -0.25) is 0 Å². The lowest BCUT2D eigenvalue weighted by molar-refractivity contribution is 0.422. The SMILES string of the molecule is Oc1ccc(/C=C2/c3c(C(c4ccc(O)cc4)[C@H]4c5cc(O)cc(O)c5[C@@H](c5ccc(O)cc5)[C@@H]4c4cc(O)cc(O)c4)c(O)cc(O)c3[C@@H](c3ccc(O)cc3)[C@@H]2c2cc(O)cc(O)c2)cc1. The van der Waals surface area contributed by atoms with Gasteiger partial charge in [0, 0.05) is 76.5 Å². The van der Waals surface area contributed by atoms with Crippen molar-refractivity contribution in [2.75, 3.05) is 0 Å². The third-order valence-corrected chi connectivity index (χ3v) is 13.5. The Balaban J connectivity index is 1.36. The van der Waals surface area contributed by atoms with Gasteiger partial charge in [-0.15, -0.1) is 0 Å². The summed E-state index contributed by atoms with van der Waals surface area (Å²) in [6, 6.07) is 37.7. The molecule has 0 spiro atoms. The molecule has 2 aliphatic rings. The van der Waals surface area contributed by atoms with E-state index >= 15 is 0 Å². The fourth-order valence-corrected chi connectivity index (χ4v) is 11.0. The van der Waals surface area contributed by atoms with E-state index in [1.807, 2.05) is 6.08 Å². The number of phenolic OH excluding ortho intramolecular Hbond substituents is 12. The molecule has 2 aliphatic carbocycles. The molecular weight excluding hydrogens is 865 g/mol. The molecule has 8 aromatic carbocycles. The van der Waals surface area contributed by atoms with E-state index in [-0.39, 0.29) is 74.6 Å². The first-order valence-corrected chi connectivity index (χ1v) is 21.7. The summed E-state index contributed by atoms with van der Waals surface area (Å²) < 4.78 is 0. The summed E-state index contributed by atoms with van der Waals surface area (Å²) in [5.41, 5.74) is 5.29. The Labute approximate surface area is 389 Å². The number of fused-ring (bicyclic) bond motifs is 2. The normalized spacial score (nSPS) is 19.4. The van der Waals surface area contributed by atoms with E-state index in [0.29, 0.717) is 61.2 Å². The molecule has 8 aromatic rings. The van der Waals surface area contributed by atoms with Crippen molar-refractivity contribution in [3.05, 3.63) is 213 Å². The Morgan fingerprint density at radius 2 is 0.809 bits per heavy atom. The third kappa shape index (κ3) is 7.47. The number of phenols is 12. The smallest absolute Gasteiger partial charge is 0.123 e. The molecule has 0 saturated heterocycles. The van der Waals surface area contributed by atoms with Crippen molar-refractivity contribution < 1.29 is 61.3 Å². The van der Waals surface area contributed by atoms with Crippen LogP contribution in [0.15, 0.2) is 152 Å². The van der Waals surface area contributed by atoms with Gasteiger partial charge in [0.2, 0.25) is 0 Å². The van der Waals surface area contributed by atoms with Crippen LogP contribution < -0.4 is 0 Å². The Kier molecular flexibility index (Phi) is 10.4. The fourth-order valence-electron chi connectivity index (χ4n) is 11.0. The second kappa shape index (κ2) is 16.5. The highest BCUT2D eigenvalue weighted by molar-refractivity contribution is 5.95. The van der Waals surface area contributed by atoms with Crippen LogP contribution in [0.4, 0.5) is 0 Å². The highest BCUT2D eigenvalue weighted by Crippen LogP contribution is 2.67. The first-order valence-electron chi connectivity index (χ1n) is 21.7. The van der Waals surface area contributed by atoms with Crippen LogP contribution in [0.1, 0.15) is 96.7 Å². The van der Waals surface area contributed by atoms with Gasteiger partial charge in [-0.25, -0.2) is 0 Å². The van der Waals surface area contributed by atoms with Gasteiger partial charge in [-0.05, 0) is 129 Å². The second-order valence-electron chi connectivity index (χ2n) is 17.6. The lowest BCUT2D eigenvalue weighted by atomic mass is 9.67. The van der Waals surface area contributed by atoms with Crippen molar-refractivity contribution in [1.29, 1.82) is 0 Å². The van der Waals surface area contributed by atoms with Crippen LogP contribution in [0.3, 0.4) is 0 Å². The molecule has 0 bridgehead atoms. The summed E-state index contributed by atoms with van der Waals surface area (Å²) in [5, 5.41) is 135. The minimum Gasteiger partial charge on any atom is -0.508 e. The van der Waals surface area contributed by atoms with Gasteiger partial charge < -0.3 is 61.3 Å². The molecule has 340 valence electrons. The van der Waals surface area contributed by atoms with Crippen molar-refractivity contribution in [3.8, 4) is 69.0 Å². The average Bonchev–Trinajstić information content (AvgIpc) is 3.80. The zero-order chi connectivity index (χ0) is 47.7. The standard InChI is InChI=1S/C56H44O12/c57-33-9-1-27(2-10-33)17-42-47(31-18-37(61)22-38(62)19-31)48(28-3-11-34(58)12-4-28)55-45(67)26-46(68)56(54(42)55)50(30-7-15-36(60)16-8-30)53-43-24-41(65)25-44(66)52(43)49(29-5-13-35(59)14-6-29)51(53)32-20-39(63)23-40(64)21-32/h1-26,47-51,53,57-68H/b42-17+/t47-,48+,49+,50?,51+,53-/m1/s1. The summed E-state index contributed by atoms with van der Waals surface area (Å²) >= 11 is 0. The summed E-state index contributed by atoms with van der Waals surface area (Å²) in [7, 11) is 0. The number of benzene rings is 8. The zero-order valence-corrected chi connectivity index (χ0v) is 35.8. The first-order chi connectivity index (χ1) is 32.6. The first kappa shape index (κ1) is 43.0. The van der Waals surface area contributed by atoms with Crippen molar-refractivity contribution in [1.82, 2.24) is 0 Å². The van der Waals surface area contributed by atoms with Crippen LogP contribution in [-0.4, -0.2) is 61.3 Å². The highest BCUT2D eigenvalue weighted by atomic mass is 16.3. The molecule has 0 saturated carbocycles. The Morgan fingerprint density at radius 3 is 1.35 bits per heavy atom. The molecule has 12 heteroatoms. The molecule has 6 atom stereocenters. The maximum atomic E-state index is 12.8. The van der Waals surface area contributed by atoms with Gasteiger partial charge in [0.05, 0.1) is 0 Å². The van der Waals surface area contributed by atoms with Gasteiger partial charge in [-0.2, -0.15) is 0 Å². The van der Waals surface area contributed by atoms with Crippen molar-refractivity contribution in [2.45, 2.75) is 35.5 Å². The van der Waals surface area contributed by atoms with E-state index in [9.17, 15) is 61.3 Å². The third-order valence-electron chi connectivity index (χ3n) is 13.5. The summed E-state index contributed by atoms with van der Waals surface area (Å²) in [6.45, 7) is 0. The van der Waals surface area contributed by atoms with E-state index in [1.54, 1.807) is 48.5 Å². The Bertz CT molecular complexity index is 3230. The van der Waals surface area contributed by atoms with Crippen LogP contribution in [0.2, 0.25) is 0 Å². The van der Waals surface area contributed by atoms with Crippen molar-refractivity contribution >= 4 is 11.6 Å². The molecule has 0 heterocycles. The van der Waals surface area contributed by atoms with Gasteiger partial charge in [0.1, 0.15) is 69.0 Å². The lowest BCUT2D eigenvalue weighted by Crippen LogP contribution is -2.21. The average molecular weight is 909 g/mol. The zero-order valence-electron chi connectivity index (χ0n) is 35.8. The monoisotopic (exact) mass is 908 g/mol. The predicted octanol–water partition coefficient (Wildman–Crippen LogP) is 10.5. The maximum absolute atomic E-state index is 12.8. The Hall–Kier alpha value is -8.90. The fraction of sp³-hybridized carbons (Fsp3) is 0.107. The predicted molar refractivity (Wildman–Crippen MR) is 253 cm³/mol. The number of allylic oxidation sites excluding steroid dienone is 1. The summed E-state index contributed by atoms with van der Waals surface area (Å²) in [6.07, 6.45) is 1.82. The molecule has 0 radical (unpaired) electrons. The van der Waals surface area contributed by atoms with E-state index in [1.165, 1.54) is 103 Å². The summed E-state index contributed by atoms with van der Waals surface area (Å²) in [4.78, 5) is 0. The van der Waals surface area contributed by atoms with Crippen LogP contribution in [0, 0.1) is 0 Å². The second-order valence-corrected chi connectivity index (χ2v) is 17.6. The highest BCUT2D eigenvalue weighted by Gasteiger charge is 2.52. The quantitative estimate of drug-likeness (QED) is 0.0681. The van der Waals surface area contributed by atoms with Crippen LogP contribution >= 0.6 is 0 Å². The lowest BCUT2D eigenvalue weighted by Gasteiger charge is -2.35.